The lowest BCUT2D eigenvalue weighted by atomic mass is 10.2. The van der Waals surface area contributed by atoms with E-state index in [1.807, 2.05) is 42.5 Å². The number of fused-ring (bicyclic) bond motifs is 3. The fourth-order valence-electron chi connectivity index (χ4n) is 3.67. The minimum absolute atomic E-state index is 0.0483. The Labute approximate surface area is 174 Å². The SMILES string of the molecule is CCN(CCCNC(=O)Cn1cnc2c([nH]c3ccccc32)c1=O)c1ccccc1. The van der Waals surface area contributed by atoms with Crippen LogP contribution in [-0.2, 0) is 11.3 Å². The maximum absolute atomic E-state index is 12.8. The molecule has 0 radical (unpaired) electrons. The van der Waals surface area contributed by atoms with Crippen LogP contribution in [0.2, 0.25) is 0 Å². The zero-order valence-electron chi connectivity index (χ0n) is 17.0. The molecule has 0 unspecified atom stereocenters. The van der Waals surface area contributed by atoms with Crippen LogP contribution in [0.1, 0.15) is 13.3 Å². The normalized spacial score (nSPS) is 11.1. The molecule has 4 rings (SSSR count). The second kappa shape index (κ2) is 8.82. The Hall–Kier alpha value is -3.61. The van der Waals surface area contributed by atoms with Crippen LogP contribution in [0.4, 0.5) is 5.69 Å². The molecular weight excluding hydrogens is 378 g/mol. The summed E-state index contributed by atoms with van der Waals surface area (Å²) in [6.45, 7) is 4.38. The lowest BCUT2D eigenvalue weighted by molar-refractivity contribution is -0.121. The maximum atomic E-state index is 12.8. The second-order valence-corrected chi connectivity index (χ2v) is 7.19. The Bertz CT molecular complexity index is 1210. The molecule has 0 aliphatic carbocycles. The van der Waals surface area contributed by atoms with Crippen LogP contribution < -0.4 is 15.8 Å². The van der Waals surface area contributed by atoms with Crippen LogP contribution in [-0.4, -0.2) is 40.1 Å². The first kappa shape index (κ1) is 19.7. The zero-order valence-corrected chi connectivity index (χ0v) is 17.0. The summed E-state index contributed by atoms with van der Waals surface area (Å²) >= 11 is 0. The first-order valence-electron chi connectivity index (χ1n) is 10.2. The van der Waals surface area contributed by atoms with E-state index in [9.17, 15) is 9.59 Å². The maximum Gasteiger partial charge on any atom is 0.278 e. The van der Waals surface area contributed by atoms with Crippen molar-refractivity contribution in [1.82, 2.24) is 19.9 Å². The zero-order chi connectivity index (χ0) is 20.9. The van der Waals surface area contributed by atoms with Gasteiger partial charge in [0.15, 0.2) is 0 Å². The number of aromatic nitrogens is 3. The molecule has 0 saturated heterocycles. The van der Waals surface area contributed by atoms with Crippen molar-refractivity contribution in [3.05, 3.63) is 71.3 Å². The molecule has 7 nitrogen and oxygen atoms in total. The van der Waals surface area contributed by atoms with Crippen LogP contribution >= 0.6 is 0 Å². The van der Waals surface area contributed by atoms with Crippen LogP contribution in [0.25, 0.3) is 21.9 Å². The molecule has 7 heteroatoms. The van der Waals surface area contributed by atoms with Gasteiger partial charge in [0.25, 0.3) is 5.56 Å². The van der Waals surface area contributed by atoms with E-state index in [0.29, 0.717) is 17.6 Å². The van der Waals surface area contributed by atoms with Gasteiger partial charge >= 0.3 is 0 Å². The van der Waals surface area contributed by atoms with E-state index in [0.717, 1.165) is 30.4 Å². The first-order valence-corrected chi connectivity index (χ1v) is 10.2. The van der Waals surface area contributed by atoms with E-state index < -0.39 is 0 Å². The monoisotopic (exact) mass is 403 g/mol. The Kier molecular flexibility index (Phi) is 5.79. The minimum atomic E-state index is -0.243. The van der Waals surface area contributed by atoms with E-state index in [1.54, 1.807) is 0 Å². The Morgan fingerprint density at radius 2 is 1.90 bits per heavy atom. The van der Waals surface area contributed by atoms with E-state index in [2.05, 4.69) is 39.2 Å². The third kappa shape index (κ3) is 4.05. The molecule has 2 aromatic carbocycles. The van der Waals surface area contributed by atoms with Crippen LogP contribution in [0, 0.1) is 0 Å². The number of carbonyl (C=O) groups excluding carboxylic acids is 1. The molecule has 2 heterocycles. The molecule has 2 aromatic heterocycles. The van der Waals surface area contributed by atoms with Crippen molar-refractivity contribution in [2.45, 2.75) is 19.9 Å². The van der Waals surface area contributed by atoms with Crippen molar-refractivity contribution >= 4 is 33.5 Å². The average Bonchev–Trinajstić information content (AvgIpc) is 3.16. The molecule has 0 aliphatic heterocycles. The standard InChI is InChI=1S/C23H25N5O2/c1-2-27(17-9-4-3-5-10-17)14-8-13-24-20(29)15-28-16-25-21-18-11-6-7-12-19(18)26-22(21)23(28)30/h3-7,9-12,16,26H,2,8,13-15H2,1H3,(H,24,29). The van der Waals surface area contributed by atoms with E-state index in [-0.39, 0.29) is 18.0 Å². The molecule has 154 valence electrons. The van der Waals surface area contributed by atoms with Gasteiger partial charge in [0, 0.05) is 36.2 Å². The second-order valence-electron chi connectivity index (χ2n) is 7.19. The molecule has 1 amide bonds. The van der Waals surface area contributed by atoms with Gasteiger partial charge in [0.05, 0.1) is 6.33 Å². The highest BCUT2D eigenvalue weighted by atomic mass is 16.2. The number of carbonyl (C=O) groups is 1. The molecule has 4 aromatic rings. The molecule has 0 aliphatic rings. The van der Waals surface area contributed by atoms with Crippen molar-refractivity contribution in [2.24, 2.45) is 0 Å². The van der Waals surface area contributed by atoms with Crippen molar-refractivity contribution in [2.75, 3.05) is 24.5 Å². The summed E-state index contributed by atoms with van der Waals surface area (Å²) in [5, 5.41) is 3.80. The quantitative estimate of drug-likeness (QED) is 0.443. The Morgan fingerprint density at radius 1 is 1.13 bits per heavy atom. The minimum Gasteiger partial charge on any atom is -0.372 e. The summed E-state index contributed by atoms with van der Waals surface area (Å²) in [5.41, 5.74) is 2.85. The molecule has 0 saturated carbocycles. The molecule has 0 bridgehead atoms. The van der Waals surface area contributed by atoms with Gasteiger partial charge in [-0.1, -0.05) is 36.4 Å². The van der Waals surface area contributed by atoms with Gasteiger partial charge in [-0.15, -0.1) is 0 Å². The molecule has 0 atom stereocenters. The number of H-pyrrole nitrogens is 1. The topological polar surface area (TPSA) is 83.0 Å². The smallest absolute Gasteiger partial charge is 0.278 e. The van der Waals surface area contributed by atoms with Gasteiger partial charge in [-0.25, -0.2) is 4.98 Å². The largest absolute Gasteiger partial charge is 0.372 e. The Morgan fingerprint density at radius 3 is 2.70 bits per heavy atom. The van der Waals surface area contributed by atoms with E-state index in [1.165, 1.54) is 16.6 Å². The van der Waals surface area contributed by atoms with Crippen molar-refractivity contribution in [1.29, 1.82) is 0 Å². The van der Waals surface area contributed by atoms with Crippen molar-refractivity contribution in [3.8, 4) is 0 Å². The van der Waals surface area contributed by atoms with Crippen LogP contribution in [0.3, 0.4) is 0 Å². The van der Waals surface area contributed by atoms with Crippen molar-refractivity contribution < 1.29 is 4.79 Å². The highest BCUT2D eigenvalue weighted by molar-refractivity contribution is 6.04. The number of benzene rings is 2. The average molecular weight is 403 g/mol. The number of hydrogen-bond acceptors (Lipinski definition) is 4. The number of amides is 1. The third-order valence-corrected chi connectivity index (χ3v) is 5.22. The van der Waals surface area contributed by atoms with E-state index in [4.69, 9.17) is 0 Å². The predicted octanol–water partition coefficient (Wildman–Crippen LogP) is 2.91. The summed E-state index contributed by atoms with van der Waals surface area (Å²) in [4.78, 5) is 34.9. The fraction of sp³-hybridized carbons (Fsp3) is 0.261. The first-order chi connectivity index (χ1) is 14.7. The molecule has 2 N–H and O–H groups in total. The summed E-state index contributed by atoms with van der Waals surface area (Å²) in [6.07, 6.45) is 2.27. The number of rotatable bonds is 8. The Balaban J connectivity index is 1.35. The number of hydrogen-bond donors (Lipinski definition) is 2. The number of nitrogens with zero attached hydrogens (tertiary/aromatic N) is 3. The predicted molar refractivity (Wildman–Crippen MR) is 120 cm³/mol. The van der Waals surface area contributed by atoms with Gasteiger partial charge in [0.2, 0.25) is 5.91 Å². The summed E-state index contributed by atoms with van der Waals surface area (Å²) < 4.78 is 1.34. The van der Waals surface area contributed by atoms with E-state index >= 15 is 0 Å². The molecule has 0 fully saturated rings. The van der Waals surface area contributed by atoms with Gasteiger partial charge < -0.3 is 15.2 Å². The molecule has 0 spiro atoms. The number of nitrogens with one attached hydrogen (secondary N) is 2. The van der Waals surface area contributed by atoms with Crippen molar-refractivity contribution in [3.63, 3.8) is 0 Å². The number of anilines is 1. The fourth-order valence-corrected chi connectivity index (χ4v) is 3.67. The summed E-state index contributed by atoms with van der Waals surface area (Å²) in [7, 11) is 0. The van der Waals surface area contributed by atoms with Gasteiger partial charge in [-0.3, -0.25) is 14.2 Å². The highest BCUT2D eigenvalue weighted by Gasteiger charge is 2.12. The third-order valence-electron chi connectivity index (χ3n) is 5.22. The number of aromatic amines is 1. The lowest BCUT2D eigenvalue weighted by Gasteiger charge is -2.23. The molecular formula is C23H25N5O2. The summed E-state index contributed by atoms with van der Waals surface area (Å²) in [5.74, 6) is -0.197. The highest BCUT2D eigenvalue weighted by Crippen LogP contribution is 2.20. The van der Waals surface area contributed by atoms with Gasteiger partial charge in [0.1, 0.15) is 17.6 Å². The number of para-hydroxylation sites is 2. The summed E-state index contributed by atoms with van der Waals surface area (Å²) in [6, 6.07) is 17.9. The van der Waals surface area contributed by atoms with Crippen LogP contribution in [0.5, 0.6) is 0 Å². The molecule has 30 heavy (non-hydrogen) atoms. The van der Waals surface area contributed by atoms with Gasteiger partial charge in [-0.2, -0.15) is 0 Å². The van der Waals surface area contributed by atoms with Crippen LogP contribution in [0.15, 0.2) is 65.7 Å². The van der Waals surface area contributed by atoms with Gasteiger partial charge in [-0.05, 0) is 31.5 Å². The lowest BCUT2D eigenvalue weighted by Crippen LogP contribution is -2.34.